The molecular formula is C32H19FN2O. The topological polar surface area (TPSA) is 38.9 Å². The van der Waals surface area contributed by atoms with E-state index in [1.807, 2.05) is 60.9 Å². The first-order valence-electron chi connectivity index (χ1n) is 11.8. The van der Waals surface area contributed by atoms with Crippen LogP contribution in [-0.4, -0.2) is 9.97 Å². The fraction of sp³-hybridized carbons (Fsp3) is 0. The van der Waals surface area contributed by atoms with E-state index in [-0.39, 0.29) is 5.82 Å². The molecule has 3 nitrogen and oxygen atoms in total. The maximum atomic E-state index is 13.3. The lowest BCUT2D eigenvalue weighted by atomic mass is 10.0. The van der Waals surface area contributed by atoms with Crippen molar-refractivity contribution in [2.24, 2.45) is 0 Å². The molecule has 0 atom stereocenters. The van der Waals surface area contributed by atoms with E-state index in [9.17, 15) is 4.39 Å². The van der Waals surface area contributed by atoms with Crippen LogP contribution in [0, 0.1) is 5.82 Å². The van der Waals surface area contributed by atoms with Gasteiger partial charge in [0.1, 0.15) is 17.0 Å². The molecule has 0 spiro atoms. The molecule has 0 N–H and O–H groups in total. The molecule has 0 fully saturated rings. The van der Waals surface area contributed by atoms with Gasteiger partial charge >= 0.3 is 0 Å². The van der Waals surface area contributed by atoms with Crippen molar-refractivity contribution in [3.05, 3.63) is 121 Å². The fourth-order valence-corrected chi connectivity index (χ4v) is 4.77. The Kier molecular flexibility index (Phi) is 4.64. The summed E-state index contributed by atoms with van der Waals surface area (Å²) < 4.78 is 19.5. The highest BCUT2D eigenvalue weighted by molar-refractivity contribution is 6.09. The first-order valence-corrected chi connectivity index (χ1v) is 11.8. The van der Waals surface area contributed by atoms with Gasteiger partial charge in [-0.2, -0.15) is 0 Å². The van der Waals surface area contributed by atoms with Crippen LogP contribution in [0.4, 0.5) is 4.39 Å². The first-order chi connectivity index (χ1) is 17.7. The van der Waals surface area contributed by atoms with Crippen LogP contribution in [0.3, 0.4) is 0 Å². The third-order valence-electron chi connectivity index (χ3n) is 6.64. The summed E-state index contributed by atoms with van der Waals surface area (Å²) in [7, 11) is 0. The largest absolute Gasteiger partial charge is 0.455 e. The lowest BCUT2D eigenvalue weighted by molar-refractivity contribution is 0.628. The minimum atomic E-state index is -0.240. The van der Waals surface area contributed by atoms with Gasteiger partial charge in [0.15, 0.2) is 0 Å². The van der Waals surface area contributed by atoms with Crippen molar-refractivity contribution in [1.82, 2.24) is 9.97 Å². The van der Waals surface area contributed by atoms with Crippen LogP contribution in [-0.2, 0) is 0 Å². The van der Waals surface area contributed by atoms with E-state index in [1.54, 1.807) is 12.1 Å². The Bertz CT molecular complexity index is 1890. The van der Waals surface area contributed by atoms with Gasteiger partial charge < -0.3 is 4.42 Å². The number of benzene rings is 4. The average Bonchev–Trinajstić information content (AvgIpc) is 3.32. The van der Waals surface area contributed by atoms with Gasteiger partial charge in [-0.15, -0.1) is 0 Å². The Morgan fingerprint density at radius 2 is 1.36 bits per heavy atom. The number of pyridine rings is 2. The van der Waals surface area contributed by atoms with Crippen molar-refractivity contribution in [2.75, 3.05) is 0 Å². The normalized spacial score (nSPS) is 11.5. The van der Waals surface area contributed by atoms with Gasteiger partial charge in [0, 0.05) is 45.2 Å². The van der Waals surface area contributed by atoms with Crippen LogP contribution in [0.25, 0.3) is 66.4 Å². The minimum Gasteiger partial charge on any atom is -0.455 e. The Balaban J connectivity index is 1.23. The van der Waals surface area contributed by atoms with E-state index in [0.717, 1.165) is 66.4 Å². The van der Waals surface area contributed by atoms with Gasteiger partial charge in [-0.3, -0.25) is 9.97 Å². The van der Waals surface area contributed by atoms with Crippen LogP contribution >= 0.6 is 0 Å². The molecule has 4 aromatic carbocycles. The highest BCUT2D eigenvalue weighted by Gasteiger charge is 2.13. The fourth-order valence-electron chi connectivity index (χ4n) is 4.77. The minimum absolute atomic E-state index is 0.240. The second-order valence-corrected chi connectivity index (χ2v) is 8.85. The lowest BCUT2D eigenvalue weighted by Crippen LogP contribution is -1.88. The molecule has 3 aromatic heterocycles. The molecule has 4 heteroatoms. The van der Waals surface area contributed by atoms with E-state index in [0.29, 0.717) is 0 Å². The Morgan fingerprint density at radius 1 is 0.583 bits per heavy atom. The van der Waals surface area contributed by atoms with E-state index in [4.69, 9.17) is 14.4 Å². The van der Waals surface area contributed by atoms with Crippen LogP contribution in [0.2, 0.25) is 0 Å². The number of para-hydroxylation sites is 2. The zero-order chi connectivity index (χ0) is 24.1. The Morgan fingerprint density at radius 3 is 2.22 bits per heavy atom. The molecule has 0 amide bonds. The molecule has 36 heavy (non-hydrogen) atoms. The average molecular weight is 467 g/mol. The van der Waals surface area contributed by atoms with Crippen LogP contribution < -0.4 is 0 Å². The second-order valence-electron chi connectivity index (χ2n) is 8.85. The van der Waals surface area contributed by atoms with Crippen LogP contribution in [0.5, 0.6) is 0 Å². The predicted molar refractivity (Wildman–Crippen MR) is 143 cm³/mol. The van der Waals surface area contributed by atoms with E-state index in [2.05, 4.69) is 30.3 Å². The highest BCUT2D eigenvalue weighted by Crippen LogP contribution is 2.35. The number of rotatable bonds is 3. The molecule has 0 aliphatic heterocycles. The molecule has 0 saturated heterocycles. The van der Waals surface area contributed by atoms with Crippen molar-refractivity contribution in [2.45, 2.75) is 0 Å². The number of aromatic nitrogens is 2. The summed E-state index contributed by atoms with van der Waals surface area (Å²) in [5.41, 5.74) is 8.41. The summed E-state index contributed by atoms with van der Waals surface area (Å²) in [6.45, 7) is 0. The predicted octanol–water partition coefficient (Wildman–Crippen LogP) is 8.67. The van der Waals surface area contributed by atoms with Crippen molar-refractivity contribution in [3.63, 3.8) is 0 Å². The van der Waals surface area contributed by atoms with Gasteiger partial charge in [-0.05, 0) is 53.6 Å². The Labute approximate surface area is 206 Å². The van der Waals surface area contributed by atoms with Crippen molar-refractivity contribution < 1.29 is 8.81 Å². The smallest absolute Gasteiger partial charge is 0.144 e. The van der Waals surface area contributed by atoms with Crippen LogP contribution in [0.15, 0.2) is 120 Å². The zero-order valence-electron chi connectivity index (χ0n) is 19.2. The number of hydrogen-bond donors (Lipinski definition) is 0. The monoisotopic (exact) mass is 466 g/mol. The molecule has 170 valence electrons. The van der Waals surface area contributed by atoms with Crippen molar-refractivity contribution in [1.29, 1.82) is 0 Å². The number of nitrogens with zero attached hydrogens (tertiary/aromatic N) is 2. The molecule has 0 bridgehead atoms. The van der Waals surface area contributed by atoms with E-state index in [1.165, 1.54) is 12.1 Å². The van der Waals surface area contributed by atoms with Gasteiger partial charge in [0.25, 0.3) is 0 Å². The number of halogens is 1. The van der Waals surface area contributed by atoms with Gasteiger partial charge in [0.05, 0.1) is 11.2 Å². The molecule has 0 aliphatic carbocycles. The van der Waals surface area contributed by atoms with Gasteiger partial charge in [-0.25, -0.2) is 4.39 Å². The highest BCUT2D eigenvalue weighted by atomic mass is 19.1. The van der Waals surface area contributed by atoms with Crippen molar-refractivity contribution in [3.8, 4) is 33.5 Å². The summed E-state index contributed by atoms with van der Waals surface area (Å²) in [6.07, 6.45) is 3.75. The number of hydrogen-bond acceptors (Lipinski definition) is 3. The van der Waals surface area contributed by atoms with Gasteiger partial charge in [-0.1, -0.05) is 60.7 Å². The quantitative estimate of drug-likeness (QED) is 0.261. The Hall–Kier alpha value is -4.83. The second kappa shape index (κ2) is 8.14. The van der Waals surface area contributed by atoms with E-state index >= 15 is 0 Å². The number of furan rings is 1. The third-order valence-corrected chi connectivity index (χ3v) is 6.64. The molecule has 7 rings (SSSR count). The van der Waals surface area contributed by atoms with E-state index < -0.39 is 0 Å². The molecule has 0 radical (unpaired) electrons. The number of fused-ring (bicyclic) bond motifs is 4. The molecular weight excluding hydrogens is 447 g/mol. The molecule has 0 aliphatic rings. The molecule has 0 saturated carbocycles. The molecule has 3 heterocycles. The maximum absolute atomic E-state index is 13.3. The summed E-state index contributed by atoms with van der Waals surface area (Å²) in [4.78, 5) is 9.46. The lowest BCUT2D eigenvalue weighted by Gasteiger charge is -2.07. The summed E-state index contributed by atoms with van der Waals surface area (Å²) in [6, 6.07) is 33.1. The third kappa shape index (κ3) is 3.43. The maximum Gasteiger partial charge on any atom is 0.144 e. The zero-order valence-corrected chi connectivity index (χ0v) is 19.2. The summed E-state index contributed by atoms with van der Waals surface area (Å²) in [5.74, 6) is -0.240. The summed E-state index contributed by atoms with van der Waals surface area (Å²) in [5, 5.41) is 3.23. The van der Waals surface area contributed by atoms with Crippen LogP contribution in [0.1, 0.15) is 0 Å². The standard InChI is InChI=1S/C32H19FN2O/c33-25-13-10-20(11-14-25)21-8-9-22-16-24(19-35-30(22)17-21)23-12-15-29(34-18-23)28-6-3-5-27-26-4-1-2-7-31(26)36-32(27)28/h1-19H. The first kappa shape index (κ1) is 20.5. The van der Waals surface area contributed by atoms with Gasteiger partial charge in [0.2, 0.25) is 0 Å². The van der Waals surface area contributed by atoms with Crippen molar-refractivity contribution >= 4 is 32.8 Å². The molecule has 0 unspecified atom stereocenters. The summed E-state index contributed by atoms with van der Waals surface area (Å²) >= 11 is 0. The SMILES string of the molecule is Fc1ccc(-c2ccc3cc(-c4ccc(-c5cccc6c5oc5ccccc56)nc4)cnc3c2)cc1. The molecule has 7 aromatic rings.